The second-order valence-corrected chi connectivity index (χ2v) is 8.03. The molecule has 0 saturated carbocycles. The zero-order valence-electron chi connectivity index (χ0n) is 11.9. The van der Waals surface area contributed by atoms with E-state index in [2.05, 4.69) is 0 Å². The van der Waals surface area contributed by atoms with Crippen LogP contribution < -0.4 is 0 Å². The van der Waals surface area contributed by atoms with Gasteiger partial charge in [-0.15, -0.1) is 0 Å². The summed E-state index contributed by atoms with van der Waals surface area (Å²) >= 11 is 0. The minimum atomic E-state index is -3.05. The molecule has 0 aliphatic carbocycles. The molecule has 4 heteroatoms. The topological polar surface area (TPSA) is 43.4 Å². The van der Waals surface area contributed by atoms with Crippen LogP contribution in [0, 0.1) is 0 Å². The highest BCUT2D eigenvalue weighted by Gasteiger charge is 2.42. The quantitative estimate of drug-likeness (QED) is 0.737. The predicted octanol–water partition coefficient (Wildman–Crippen LogP) is 3.45. The van der Waals surface area contributed by atoms with Gasteiger partial charge in [-0.25, -0.2) is 8.42 Å². The van der Waals surface area contributed by atoms with Crippen LogP contribution in [0.15, 0.2) is 11.8 Å². The van der Waals surface area contributed by atoms with Crippen LogP contribution in [0.4, 0.5) is 0 Å². The van der Waals surface area contributed by atoms with E-state index in [1.807, 2.05) is 20.8 Å². The highest BCUT2D eigenvalue weighted by Crippen LogP contribution is 2.32. The molecule has 1 atom stereocenters. The van der Waals surface area contributed by atoms with Crippen molar-refractivity contribution in [2.45, 2.75) is 64.0 Å². The van der Waals surface area contributed by atoms with E-state index in [1.54, 1.807) is 6.26 Å². The molecule has 0 radical (unpaired) electrons. The Morgan fingerprint density at radius 1 is 1.22 bits per heavy atom. The van der Waals surface area contributed by atoms with E-state index >= 15 is 0 Å². The molecular formula is C14H26O3S. The van der Waals surface area contributed by atoms with Crippen LogP contribution in [0.25, 0.3) is 0 Å². The van der Waals surface area contributed by atoms with Crippen LogP contribution in [-0.4, -0.2) is 25.5 Å². The third-order valence-electron chi connectivity index (χ3n) is 3.76. The van der Waals surface area contributed by atoms with Crippen molar-refractivity contribution >= 4 is 9.84 Å². The van der Waals surface area contributed by atoms with Gasteiger partial charge in [0.1, 0.15) is 11.4 Å². The summed E-state index contributed by atoms with van der Waals surface area (Å²) in [5.41, 5.74) is 1.06. The van der Waals surface area contributed by atoms with E-state index in [4.69, 9.17) is 4.74 Å². The summed E-state index contributed by atoms with van der Waals surface area (Å²) < 4.78 is 29.8. The van der Waals surface area contributed by atoms with Crippen molar-refractivity contribution in [3.05, 3.63) is 11.8 Å². The summed E-state index contributed by atoms with van der Waals surface area (Å²) in [7, 11) is -3.05. The number of allylic oxidation sites excluding steroid dienone is 1. The maximum atomic E-state index is 12.5. The molecule has 0 bridgehead atoms. The molecule has 0 N–H and O–H groups in total. The van der Waals surface area contributed by atoms with E-state index in [9.17, 15) is 8.42 Å². The number of hydrogen-bond acceptors (Lipinski definition) is 3. The fourth-order valence-corrected chi connectivity index (χ4v) is 4.65. The third-order valence-corrected chi connectivity index (χ3v) is 6.52. The molecular weight excluding hydrogens is 248 g/mol. The first kappa shape index (κ1) is 15.5. The van der Waals surface area contributed by atoms with Crippen LogP contribution in [0.3, 0.4) is 0 Å². The van der Waals surface area contributed by atoms with Crippen molar-refractivity contribution in [1.82, 2.24) is 0 Å². The van der Waals surface area contributed by atoms with Gasteiger partial charge in [0.05, 0.1) is 12.0 Å². The van der Waals surface area contributed by atoms with Gasteiger partial charge >= 0.3 is 0 Å². The molecule has 1 saturated heterocycles. The average Bonchev–Trinajstić information content (AvgIpc) is 2.28. The van der Waals surface area contributed by atoms with Gasteiger partial charge in [0, 0.05) is 0 Å². The molecule has 0 aromatic carbocycles. The molecule has 0 spiro atoms. The van der Waals surface area contributed by atoms with Gasteiger partial charge in [0.2, 0.25) is 0 Å². The van der Waals surface area contributed by atoms with Crippen molar-refractivity contribution in [3.8, 4) is 0 Å². The van der Waals surface area contributed by atoms with Crippen LogP contribution >= 0.6 is 0 Å². The lowest BCUT2D eigenvalue weighted by Crippen LogP contribution is -2.44. The minimum Gasteiger partial charge on any atom is -0.500 e. The Labute approximate surface area is 112 Å². The van der Waals surface area contributed by atoms with E-state index in [-0.39, 0.29) is 0 Å². The number of sulfone groups is 1. The molecule has 1 aliphatic heterocycles. The monoisotopic (exact) mass is 274 g/mol. The predicted molar refractivity (Wildman–Crippen MR) is 75.3 cm³/mol. The molecule has 1 aliphatic rings. The Balaban J connectivity index is 2.87. The van der Waals surface area contributed by atoms with Crippen molar-refractivity contribution in [3.63, 3.8) is 0 Å². The van der Waals surface area contributed by atoms with Gasteiger partial charge in [0.15, 0.2) is 9.84 Å². The third kappa shape index (κ3) is 3.74. The van der Waals surface area contributed by atoms with Gasteiger partial charge in [0.25, 0.3) is 0 Å². The lowest BCUT2D eigenvalue weighted by Gasteiger charge is -2.33. The molecule has 0 aromatic heterocycles. The Morgan fingerprint density at radius 3 is 2.50 bits per heavy atom. The normalized spacial score (nSPS) is 27.9. The highest BCUT2D eigenvalue weighted by molar-refractivity contribution is 7.92. The van der Waals surface area contributed by atoms with Gasteiger partial charge < -0.3 is 4.74 Å². The van der Waals surface area contributed by atoms with E-state index in [1.165, 1.54) is 0 Å². The first-order valence-corrected chi connectivity index (χ1v) is 8.56. The fraction of sp³-hybridized carbons (Fsp3) is 0.857. The number of ether oxygens (including phenoxy) is 1. The Morgan fingerprint density at radius 2 is 1.89 bits per heavy atom. The molecule has 1 fully saturated rings. The van der Waals surface area contributed by atoms with Crippen molar-refractivity contribution in [2.75, 3.05) is 12.4 Å². The van der Waals surface area contributed by atoms with Crippen LogP contribution in [0.5, 0.6) is 0 Å². The average molecular weight is 274 g/mol. The second-order valence-electron chi connectivity index (χ2n) is 5.53. The van der Waals surface area contributed by atoms with E-state index < -0.39 is 14.6 Å². The molecule has 1 rings (SSSR count). The summed E-state index contributed by atoms with van der Waals surface area (Å²) in [4.78, 5) is 0. The van der Waals surface area contributed by atoms with Crippen molar-refractivity contribution in [2.24, 2.45) is 0 Å². The largest absolute Gasteiger partial charge is 0.500 e. The second kappa shape index (κ2) is 6.60. The number of rotatable bonds is 4. The fourth-order valence-electron chi connectivity index (χ4n) is 2.49. The maximum Gasteiger partial charge on any atom is 0.159 e. The first-order chi connectivity index (χ1) is 8.43. The lowest BCUT2D eigenvalue weighted by atomic mass is 9.97. The molecule has 106 valence electrons. The van der Waals surface area contributed by atoms with Gasteiger partial charge in [-0.1, -0.05) is 26.2 Å². The van der Waals surface area contributed by atoms with Crippen LogP contribution in [0.2, 0.25) is 0 Å². The summed E-state index contributed by atoms with van der Waals surface area (Å²) in [6.45, 7) is 6.17. The van der Waals surface area contributed by atoms with Gasteiger partial charge in [-0.05, 0) is 38.7 Å². The maximum absolute atomic E-state index is 12.5. The standard InChI is InChI=1S/C14H26O3S/c1-4-14(12-17-11-13(2)3)9-7-5-6-8-10-18(14,15)16/h11H,4-10,12H2,1-3H3. The Hall–Kier alpha value is -0.510. The molecule has 0 amide bonds. The summed E-state index contributed by atoms with van der Waals surface area (Å²) in [5.74, 6) is 0.318. The highest BCUT2D eigenvalue weighted by atomic mass is 32.2. The summed E-state index contributed by atoms with van der Waals surface area (Å²) in [5, 5.41) is 0. The SMILES string of the molecule is CCC1(COC=C(C)C)CCCCCCS1(=O)=O. The Bertz CT molecular complexity index is 380. The molecule has 3 nitrogen and oxygen atoms in total. The smallest absolute Gasteiger partial charge is 0.159 e. The van der Waals surface area contributed by atoms with Crippen LogP contribution in [0.1, 0.15) is 59.3 Å². The summed E-state index contributed by atoms with van der Waals surface area (Å²) in [6.07, 6.45) is 7.02. The molecule has 0 aromatic rings. The Kier molecular flexibility index (Phi) is 5.70. The zero-order chi connectivity index (χ0) is 13.6. The van der Waals surface area contributed by atoms with Crippen LogP contribution in [-0.2, 0) is 14.6 Å². The molecule has 1 heterocycles. The number of hydrogen-bond donors (Lipinski definition) is 0. The van der Waals surface area contributed by atoms with Gasteiger partial charge in [-0.2, -0.15) is 0 Å². The molecule has 18 heavy (non-hydrogen) atoms. The molecule has 1 unspecified atom stereocenters. The van der Waals surface area contributed by atoms with E-state index in [0.717, 1.165) is 37.7 Å². The van der Waals surface area contributed by atoms with E-state index in [0.29, 0.717) is 18.8 Å². The summed E-state index contributed by atoms with van der Waals surface area (Å²) in [6, 6.07) is 0. The first-order valence-electron chi connectivity index (χ1n) is 6.91. The minimum absolute atomic E-state index is 0.303. The van der Waals surface area contributed by atoms with Crippen molar-refractivity contribution in [1.29, 1.82) is 0 Å². The lowest BCUT2D eigenvalue weighted by molar-refractivity contribution is 0.192. The van der Waals surface area contributed by atoms with Gasteiger partial charge in [-0.3, -0.25) is 0 Å². The zero-order valence-corrected chi connectivity index (χ0v) is 12.7. The van der Waals surface area contributed by atoms with Crippen molar-refractivity contribution < 1.29 is 13.2 Å².